The van der Waals surface area contributed by atoms with Gasteiger partial charge in [-0.2, -0.15) is 15.1 Å². The molecule has 1 saturated heterocycles. The number of anilines is 1. The van der Waals surface area contributed by atoms with Gasteiger partial charge in [-0.15, -0.1) is 0 Å². The molecule has 2 aromatic rings. The number of morpholine rings is 1. The van der Waals surface area contributed by atoms with Crippen molar-refractivity contribution in [2.24, 2.45) is 0 Å². The van der Waals surface area contributed by atoms with Crippen molar-refractivity contribution in [1.29, 1.82) is 0 Å². The molecule has 1 fully saturated rings. The summed E-state index contributed by atoms with van der Waals surface area (Å²) in [5, 5.41) is 17.0. The third-order valence-electron chi connectivity index (χ3n) is 3.24. The maximum absolute atomic E-state index is 9.24. The molecule has 7 nitrogen and oxygen atoms in total. The van der Waals surface area contributed by atoms with Crippen molar-refractivity contribution >= 4 is 28.5 Å². The molecule has 0 spiro atoms. The summed E-state index contributed by atoms with van der Waals surface area (Å²) in [5.74, 6) is 0.720. The topological polar surface area (TPSA) is 87.2 Å². The number of halogens is 1. The molecule has 2 unspecified atom stereocenters. The Morgan fingerprint density at radius 1 is 1.58 bits per heavy atom. The molecule has 3 rings (SSSR count). The van der Waals surface area contributed by atoms with Gasteiger partial charge < -0.3 is 14.7 Å². The van der Waals surface area contributed by atoms with Crippen LogP contribution in [-0.2, 0) is 4.74 Å². The van der Waals surface area contributed by atoms with Gasteiger partial charge >= 0.3 is 0 Å². The second-order valence-corrected chi connectivity index (χ2v) is 4.93. The second-order valence-electron chi connectivity index (χ2n) is 4.59. The van der Waals surface area contributed by atoms with Gasteiger partial charge in [-0.25, -0.2) is 0 Å². The van der Waals surface area contributed by atoms with Crippen molar-refractivity contribution in [3.8, 4) is 0 Å². The predicted molar refractivity (Wildman–Crippen MR) is 70.3 cm³/mol. The van der Waals surface area contributed by atoms with E-state index < -0.39 is 0 Å². The molecular formula is C11H14ClN5O2. The predicted octanol–water partition coefficient (Wildman–Crippen LogP) is 0.592. The van der Waals surface area contributed by atoms with Crippen LogP contribution in [-0.4, -0.2) is 57.2 Å². The summed E-state index contributed by atoms with van der Waals surface area (Å²) in [5.41, 5.74) is 0.606. The smallest absolute Gasteiger partial charge is 0.226 e. The van der Waals surface area contributed by atoms with Gasteiger partial charge in [0.05, 0.1) is 36.9 Å². The molecule has 2 aromatic heterocycles. The quantitative estimate of drug-likeness (QED) is 0.785. The molecule has 0 amide bonds. The molecule has 0 radical (unpaired) electrons. The minimum atomic E-state index is -0.216. The molecular weight excluding hydrogens is 270 g/mol. The van der Waals surface area contributed by atoms with Crippen LogP contribution in [0.25, 0.3) is 11.0 Å². The molecule has 2 N–H and O–H groups in total. The number of hydrogen-bond acceptors (Lipinski definition) is 6. The number of aromatic nitrogens is 4. The normalized spacial score (nSPS) is 24.1. The number of aliphatic hydroxyl groups excluding tert-OH is 1. The highest BCUT2D eigenvalue weighted by atomic mass is 35.5. The first-order valence-electron chi connectivity index (χ1n) is 6.04. The lowest BCUT2D eigenvalue weighted by atomic mass is 10.2. The van der Waals surface area contributed by atoms with Gasteiger partial charge in [0.2, 0.25) is 5.28 Å². The molecule has 102 valence electrons. The van der Waals surface area contributed by atoms with E-state index >= 15 is 0 Å². The molecule has 1 aliphatic heterocycles. The van der Waals surface area contributed by atoms with E-state index in [1.807, 2.05) is 6.92 Å². The zero-order chi connectivity index (χ0) is 13.4. The Hall–Kier alpha value is -1.44. The number of aromatic amines is 1. The number of H-pyrrole nitrogens is 1. The Labute approximate surface area is 114 Å². The zero-order valence-electron chi connectivity index (χ0n) is 10.4. The standard InChI is InChI=1S/C11H14ClN5O2/c1-6-5-19-7(4-18)3-17(6)10-8-2-13-16-9(8)14-11(12)15-10/h2,6-7,18H,3-5H2,1H3,(H,13,14,15,16). The lowest BCUT2D eigenvalue weighted by Crippen LogP contribution is -2.50. The van der Waals surface area contributed by atoms with Crippen molar-refractivity contribution in [1.82, 2.24) is 20.2 Å². The van der Waals surface area contributed by atoms with Crippen LogP contribution in [0.15, 0.2) is 6.20 Å². The summed E-state index contributed by atoms with van der Waals surface area (Å²) in [6.07, 6.45) is 1.46. The molecule has 19 heavy (non-hydrogen) atoms. The van der Waals surface area contributed by atoms with Crippen molar-refractivity contribution in [3.63, 3.8) is 0 Å². The highest BCUT2D eigenvalue weighted by molar-refractivity contribution is 6.28. The molecule has 8 heteroatoms. The van der Waals surface area contributed by atoms with Crippen LogP contribution in [0, 0.1) is 0 Å². The second kappa shape index (κ2) is 4.92. The van der Waals surface area contributed by atoms with Crippen molar-refractivity contribution < 1.29 is 9.84 Å². The lowest BCUT2D eigenvalue weighted by molar-refractivity contribution is -0.0104. The zero-order valence-corrected chi connectivity index (χ0v) is 11.1. The monoisotopic (exact) mass is 283 g/mol. The molecule has 0 saturated carbocycles. The number of nitrogens with one attached hydrogen (secondary N) is 1. The van der Waals surface area contributed by atoms with Gasteiger partial charge in [0.25, 0.3) is 0 Å². The Bertz CT molecular complexity index is 589. The largest absolute Gasteiger partial charge is 0.394 e. The lowest BCUT2D eigenvalue weighted by Gasteiger charge is -2.38. The van der Waals surface area contributed by atoms with Gasteiger partial charge in [0, 0.05) is 6.54 Å². The fraction of sp³-hybridized carbons (Fsp3) is 0.545. The molecule has 0 aliphatic carbocycles. The van der Waals surface area contributed by atoms with Crippen LogP contribution in [0.3, 0.4) is 0 Å². The van der Waals surface area contributed by atoms with Gasteiger partial charge in [0.1, 0.15) is 5.82 Å². The van der Waals surface area contributed by atoms with Crippen LogP contribution in [0.2, 0.25) is 5.28 Å². The van der Waals surface area contributed by atoms with Crippen LogP contribution in [0.5, 0.6) is 0 Å². The molecule has 3 heterocycles. The van der Waals surface area contributed by atoms with E-state index in [1.165, 1.54) is 0 Å². The average Bonchev–Trinajstić information content (AvgIpc) is 2.86. The Kier molecular flexibility index (Phi) is 3.26. The first kappa shape index (κ1) is 12.6. The van der Waals surface area contributed by atoms with Crippen LogP contribution in [0.1, 0.15) is 6.92 Å². The van der Waals surface area contributed by atoms with E-state index in [-0.39, 0.29) is 24.0 Å². The van der Waals surface area contributed by atoms with Crippen LogP contribution >= 0.6 is 11.6 Å². The number of aliphatic hydroxyl groups is 1. The first-order chi connectivity index (χ1) is 9.19. The van der Waals surface area contributed by atoms with Gasteiger partial charge in [-0.3, -0.25) is 5.10 Å². The van der Waals surface area contributed by atoms with Gasteiger partial charge in [-0.05, 0) is 18.5 Å². The van der Waals surface area contributed by atoms with Crippen LogP contribution < -0.4 is 4.90 Å². The fourth-order valence-corrected chi connectivity index (χ4v) is 2.40. The summed E-state index contributed by atoms with van der Waals surface area (Å²) in [6, 6.07) is 0.145. The number of nitrogens with zero attached hydrogens (tertiary/aromatic N) is 4. The number of ether oxygens (including phenoxy) is 1. The van der Waals surface area contributed by atoms with Crippen LogP contribution in [0.4, 0.5) is 5.82 Å². The Morgan fingerprint density at radius 2 is 2.42 bits per heavy atom. The van der Waals surface area contributed by atoms with Crippen molar-refractivity contribution in [2.45, 2.75) is 19.1 Å². The highest BCUT2D eigenvalue weighted by Gasteiger charge is 2.28. The summed E-state index contributed by atoms with van der Waals surface area (Å²) in [7, 11) is 0. The maximum Gasteiger partial charge on any atom is 0.226 e. The maximum atomic E-state index is 9.24. The summed E-state index contributed by atoms with van der Waals surface area (Å²) >= 11 is 5.94. The molecule has 0 bridgehead atoms. The minimum Gasteiger partial charge on any atom is -0.394 e. The number of fused-ring (bicyclic) bond motifs is 1. The Balaban J connectivity index is 2.04. The number of hydrogen-bond donors (Lipinski definition) is 2. The minimum absolute atomic E-state index is 0.0173. The average molecular weight is 284 g/mol. The third kappa shape index (κ3) is 2.24. The Morgan fingerprint density at radius 3 is 3.21 bits per heavy atom. The molecule has 1 aliphatic rings. The van der Waals surface area contributed by atoms with E-state index in [0.29, 0.717) is 18.8 Å². The van der Waals surface area contributed by atoms with E-state index in [1.54, 1.807) is 6.20 Å². The van der Waals surface area contributed by atoms with E-state index in [0.717, 1.165) is 11.2 Å². The molecule has 2 atom stereocenters. The van der Waals surface area contributed by atoms with Crippen molar-refractivity contribution in [3.05, 3.63) is 11.5 Å². The SMILES string of the molecule is CC1COC(CO)CN1c1nc(Cl)nc2[nH]ncc12. The summed E-state index contributed by atoms with van der Waals surface area (Å²) in [4.78, 5) is 10.4. The van der Waals surface area contributed by atoms with Gasteiger partial charge in [-0.1, -0.05) is 0 Å². The summed E-state index contributed by atoms with van der Waals surface area (Å²) < 4.78 is 5.52. The number of rotatable bonds is 2. The molecule has 0 aromatic carbocycles. The third-order valence-corrected chi connectivity index (χ3v) is 3.41. The van der Waals surface area contributed by atoms with E-state index in [9.17, 15) is 5.11 Å². The fourth-order valence-electron chi connectivity index (χ4n) is 2.24. The van der Waals surface area contributed by atoms with Crippen molar-refractivity contribution in [2.75, 3.05) is 24.7 Å². The van der Waals surface area contributed by atoms with Gasteiger partial charge in [0.15, 0.2) is 5.65 Å². The summed E-state index contributed by atoms with van der Waals surface area (Å²) in [6.45, 7) is 3.11. The first-order valence-corrected chi connectivity index (χ1v) is 6.42. The highest BCUT2D eigenvalue weighted by Crippen LogP contribution is 2.27. The van der Waals surface area contributed by atoms with E-state index in [2.05, 4.69) is 25.1 Å². The van der Waals surface area contributed by atoms with E-state index in [4.69, 9.17) is 16.3 Å².